The topological polar surface area (TPSA) is 42.4 Å². The Bertz CT molecular complexity index is 423. The normalized spacial score (nSPS) is 17.2. The van der Waals surface area contributed by atoms with Gasteiger partial charge in [0.2, 0.25) is 0 Å². The zero-order valence-corrected chi connectivity index (χ0v) is 12.0. The first-order valence-electron chi connectivity index (χ1n) is 6.36. The van der Waals surface area contributed by atoms with E-state index in [9.17, 15) is 4.79 Å². The van der Waals surface area contributed by atoms with E-state index in [1.807, 2.05) is 0 Å². The van der Waals surface area contributed by atoms with Crippen LogP contribution in [0.25, 0.3) is 0 Å². The number of thiazole rings is 1. The number of hydrogen-bond donors (Lipinski definition) is 0. The maximum Gasteiger partial charge on any atom is 0.186 e. The van der Waals surface area contributed by atoms with Crippen molar-refractivity contribution in [1.29, 1.82) is 0 Å². The van der Waals surface area contributed by atoms with Crippen molar-refractivity contribution >= 4 is 22.3 Å². The van der Waals surface area contributed by atoms with Crippen molar-refractivity contribution in [3.05, 3.63) is 10.6 Å². The molecule has 1 aromatic heterocycles. The molecule has 0 aliphatic carbocycles. The Balaban J connectivity index is 2.18. The van der Waals surface area contributed by atoms with Gasteiger partial charge in [-0.3, -0.25) is 4.79 Å². The van der Waals surface area contributed by atoms with Gasteiger partial charge in [0.25, 0.3) is 0 Å². The van der Waals surface area contributed by atoms with Crippen LogP contribution in [0.2, 0.25) is 0 Å². The molecule has 1 aromatic rings. The fraction of sp³-hybridized carbons (Fsp3) is 0.692. The van der Waals surface area contributed by atoms with Crippen LogP contribution in [0.1, 0.15) is 42.1 Å². The molecule has 0 saturated carbocycles. The molecule has 0 N–H and O–H groups in total. The monoisotopic (exact) mass is 268 g/mol. The minimum atomic E-state index is 0.0798. The van der Waals surface area contributed by atoms with E-state index >= 15 is 0 Å². The van der Waals surface area contributed by atoms with Crippen LogP contribution in [0, 0.1) is 5.92 Å². The predicted octanol–water partition coefficient (Wildman–Crippen LogP) is 2.73. The lowest BCUT2D eigenvalue weighted by Crippen LogP contribution is -2.32. The third kappa shape index (κ3) is 2.90. The average Bonchev–Trinajstić information content (AvgIpc) is 2.75. The number of anilines is 1. The second-order valence-electron chi connectivity index (χ2n) is 4.93. The summed E-state index contributed by atoms with van der Waals surface area (Å²) in [5, 5.41) is 0.971. The van der Waals surface area contributed by atoms with Crippen LogP contribution >= 0.6 is 11.3 Å². The summed E-state index contributed by atoms with van der Waals surface area (Å²) in [6, 6.07) is 0. The lowest BCUT2D eigenvalue weighted by molar-refractivity contribution is 0.101. The molecule has 5 heteroatoms. The molecule has 100 valence electrons. The molecular formula is C13H20N2O2S. The van der Waals surface area contributed by atoms with Gasteiger partial charge in [-0.15, -0.1) is 0 Å². The highest BCUT2D eigenvalue weighted by Crippen LogP contribution is 2.30. The first-order valence-corrected chi connectivity index (χ1v) is 7.18. The number of nitrogens with zero attached hydrogens (tertiary/aromatic N) is 2. The number of aromatic nitrogens is 1. The van der Waals surface area contributed by atoms with Gasteiger partial charge in [-0.1, -0.05) is 18.3 Å². The van der Waals surface area contributed by atoms with Crippen molar-refractivity contribution in [2.75, 3.05) is 25.1 Å². The van der Waals surface area contributed by atoms with E-state index < -0.39 is 0 Å². The fourth-order valence-electron chi connectivity index (χ4n) is 2.18. The number of Topliss-reactive ketones (excluding diaryl/α,β-unsaturated/α-hetero) is 1. The van der Waals surface area contributed by atoms with Crippen molar-refractivity contribution in [3.8, 4) is 0 Å². The highest BCUT2D eigenvalue weighted by molar-refractivity contribution is 7.17. The summed E-state index contributed by atoms with van der Waals surface area (Å²) in [6.45, 7) is 6.37. The third-order valence-corrected chi connectivity index (χ3v) is 4.60. The Morgan fingerprint density at radius 2 is 2.17 bits per heavy atom. The highest BCUT2D eigenvalue weighted by atomic mass is 32.1. The lowest BCUT2D eigenvalue weighted by atomic mass is 10.00. The van der Waals surface area contributed by atoms with Gasteiger partial charge in [0.05, 0.1) is 17.2 Å². The van der Waals surface area contributed by atoms with Crippen LogP contribution in [-0.2, 0) is 11.3 Å². The first-order chi connectivity index (χ1) is 8.61. The molecule has 1 saturated heterocycles. The minimum Gasteiger partial charge on any atom is -0.378 e. The average molecular weight is 268 g/mol. The summed E-state index contributed by atoms with van der Waals surface area (Å²) in [7, 11) is 1.63. The Labute approximate surface area is 112 Å². The first kappa shape index (κ1) is 13.5. The molecule has 0 spiro atoms. The Kier molecular flexibility index (Phi) is 4.35. The molecule has 4 nitrogen and oxygen atoms in total. The van der Waals surface area contributed by atoms with Crippen molar-refractivity contribution in [2.45, 2.75) is 33.3 Å². The third-order valence-electron chi connectivity index (χ3n) is 3.34. The van der Waals surface area contributed by atoms with Crippen molar-refractivity contribution in [3.63, 3.8) is 0 Å². The Hall–Kier alpha value is -0.940. The number of hydrogen-bond acceptors (Lipinski definition) is 5. The second kappa shape index (κ2) is 5.80. The summed E-state index contributed by atoms with van der Waals surface area (Å²) in [5.41, 5.74) is 0.781. The van der Waals surface area contributed by atoms with Gasteiger partial charge in [-0.2, -0.15) is 0 Å². The molecule has 0 radical (unpaired) electrons. The zero-order chi connectivity index (χ0) is 13.1. The quantitative estimate of drug-likeness (QED) is 0.787. The van der Waals surface area contributed by atoms with E-state index in [-0.39, 0.29) is 5.78 Å². The molecule has 0 aromatic carbocycles. The van der Waals surface area contributed by atoms with E-state index in [2.05, 4.69) is 16.8 Å². The Morgan fingerprint density at radius 3 is 2.72 bits per heavy atom. The summed E-state index contributed by atoms with van der Waals surface area (Å²) < 4.78 is 5.11. The number of rotatable bonds is 4. The summed E-state index contributed by atoms with van der Waals surface area (Å²) in [6.07, 6.45) is 2.41. The molecule has 0 amide bonds. The van der Waals surface area contributed by atoms with Crippen molar-refractivity contribution in [1.82, 2.24) is 4.98 Å². The van der Waals surface area contributed by atoms with Crippen LogP contribution < -0.4 is 4.90 Å². The number of carbonyl (C=O) groups excluding carboxylic acids is 1. The summed E-state index contributed by atoms with van der Waals surface area (Å²) >= 11 is 1.50. The van der Waals surface area contributed by atoms with Crippen LogP contribution in [0.4, 0.5) is 5.13 Å². The molecule has 2 heterocycles. The SMILES string of the molecule is COCc1nc(N2CCC(C)CC2)sc1C(C)=O. The molecule has 0 unspecified atom stereocenters. The number of ketones is 1. The van der Waals surface area contributed by atoms with Crippen LogP contribution in [0.15, 0.2) is 0 Å². The smallest absolute Gasteiger partial charge is 0.186 e. The van der Waals surface area contributed by atoms with Gasteiger partial charge in [-0.25, -0.2) is 4.98 Å². The summed E-state index contributed by atoms with van der Waals surface area (Å²) in [4.78, 5) is 19.2. The number of piperidine rings is 1. The second-order valence-corrected chi connectivity index (χ2v) is 5.91. The van der Waals surface area contributed by atoms with Gasteiger partial charge >= 0.3 is 0 Å². The predicted molar refractivity (Wildman–Crippen MR) is 73.4 cm³/mol. The molecular weight excluding hydrogens is 248 g/mol. The van der Waals surface area contributed by atoms with E-state index in [4.69, 9.17) is 4.74 Å². The molecule has 2 rings (SSSR count). The van der Waals surface area contributed by atoms with Gasteiger partial charge in [0.15, 0.2) is 10.9 Å². The van der Waals surface area contributed by atoms with Gasteiger partial charge in [0.1, 0.15) is 0 Å². The molecule has 0 atom stereocenters. The molecule has 0 bridgehead atoms. The largest absolute Gasteiger partial charge is 0.378 e. The maximum atomic E-state index is 11.6. The minimum absolute atomic E-state index is 0.0798. The van der Waals surface area contributed by atoms with Crippen LogP contribution in [-0.4, -0.2) is 31.0 Å². The fourth-order valence-corrected chi connectivity index (χ4v) is 3.20. The van der Waals surface area contributed by atoms with E-state index in [0.717, 1.165) is 34.7 Å². The van der Waals surface area contributed by atoms with Crippen molar-refractivity contribution in [2.24, 2.45) is 5.92 Å². The van der Waals surface area contributed by atoms with Crippen LogP contribution in [0.3, 0.4) is 0 Å². The van der Waals surface area contributed by atoms with Crippen LogP contribution in [0.5, 0.6) is 0 Å². The maximum absolute atomic E-state index is 11.6. The van der Waals surface area contributed by atoms with E-state index in [0.29, 0.717) is 6.61 Å². The van der Waals surface area contributed by atoms with E-state index in [1.54, 1.807) is 14.0 Å². The van der Waals surface area contributed by atoms with Gasteiger partial charge in [-0.05, 0) is 18.8 Å². The van der Waals surface area contributed by atoms with Crippen molar-refractivity contribution < 1.29 is 9.53 Å². The standard InChI is InChI=1S/C13H20N2O2S/c1-9-4-6-15(7-5-9)13-14-11(8-17-3)12(18-13)10(2)16/h9H,4-8H2,1-3H3. The zero-order valence-electron chi connectivity index (χ0n) is 11.2. The highest BCUT2D eigenvalue weighted by Gasteiger charge is 2.22. The molecule has 1 fully saturated rings. The Morgan fingerprint density at radius 1 is 1.50 bits per heavy atom. The molecule has 1 aliphatic rings. The van der Waals surface area contributed by atoms with E-state index in [1.165, 1.54) is 24.2 Å². The molecule has 1 aliphatic heterocycles. The molecule has 18 heavy (non-hydrogen) atoms. The van der Waals surface area contributed by atoms with Gasteiger partial charge < -0.3 is 9.64 Å². The number of ether oxygens (including phenoxy) is 1. The summed E-state index contributed by atoms with van der Waals surface area (Å²) in [5.74, 6) is 0.878. The number of methoxy groups -OCH3 is 1. The lowest BCUT2D eigenvalue weighted by Gasteiger charge is -2.29. The number of carbonyl (C=O) groups is 1. The van der Waals surface area contributed by atoms with Gasteiger partial charge in [0, 0.05) is 27.1 Å².